The zero-order valence-corrected chi connectivity index (χ0v) is 6.33. The molecule has 0 fully saturated rings. The Hall–Kier alpha value is 0.0300. The van der Waals surface area contributed by atoms with Crippen LogP contribution in [-0.2, 0) is 0 Å². The molecular formula is C7H13Cl. The second-order valence-corrected chi connectivity index (χ2v) is 3.10. The lowest BCUT2D eigenvalue weighted by atomic mass is 10.1. The minimum Gasteiger partial charge on any atom is -0.115 e. The monoisotopic (exact) mass is 132 g/mol. The summed E-state index contributed by atoms with van der Waals surface area (Å²) in [4.78, 5) is -0.172. The molecule has 0 rings (SSSR count). The van der Waals surface area contributed by atoms with Gasteiger partial charge < -0.3 is 0 Å². The predicted molar refractivity (Wildman–Crippen MR) is 39.4 cm³/mol. The van der Waals surface area contributed by atoms with Gasteiger partial charge in [0.1, 0.15) is 0 Å². The van der Waals surface area contributed by atoms with Gasteiger partial charge in [0.2, 0.25) is 0 Å². The molecule has 0 saturated heterocycles. The van der Waals surface area contributed by atoms with Gasteiger partial charge in [-0.1, -0.05) is 19.4 Å². The molecule has 0 aromatic heterocycles. The lowest BCUT2D eigenvalue weighted by Gasteiger charge is -2.14. The first kappa shape index (κ1) is 8.03. The fourth-order valence-electron chi connectivity index (χ4n) is 0.591. The smallest absolute Gasteiger partial charge is 0.0595 e. The van der Waals surface area contributed by atoms with E-state index in [1.807, 2.05) is 6.92 Å². The third kappa shape index (κ3) is 3.09. The average molecular weight is 133 g/mol. The summed E-state index contributed by atoms with van der Waals surface area (Å²) in [7, 11) is 0. The summed E-state index contributed by atoms with van der Waals surface area (Å²) >= 11 is 5.90. The first-order valence-electron chi connectivity index (χ1n) is 2.95. The molecule has 0 nitrogen and oxygen atoms in total. The summed E-state index contributed by atoms with van der Waals surface area (Å²) < 4.78 is 0. The van der Waals surface area contributed by atoms with E-state index in [-0.39, 0.29) is 4.87 Å². The molecule has 0 saturated carbocycles. The highest BCUT2D eigenvalue weighted by Crippen LogP contribution is 2.20. The van der Waals surface area contributed by atoms with Crippen molar-refractivity contribution in [3.05, 3.63) is 12.7 Å². The summed E-state index contributed by atoms with van der Waals surface area (Å²) in [5, 5.41) is 0. The van der Waals surface area contributed by atoms with Crippen molar-refractivity contribution in [2.24, 2.45) is 0 Å². The van der Waals surface area contributed by atoms with Gasteiger partial charge in [-0.3, -0.25) is 0 Å². The molecular weight excluding hydrogens is 120 g/mol. The molecule has 0 N–H and O–H groups in total. The van der Waals surface area contributed by atoms with E-state index < -0.39 is 0 Å². The van der Waals surface area contributed by atoms with Crippen LogP contribution in [0.15, 0.2) is 12.7 Å². The second kappa shape index (κ2) is 3.13. The predicted octanol–water partition coefficient (Wildman–Crippen LogP) is 2.97. The normalized spacial score (nSPS) is 17.4. The molecule has 0 heterocycles. The van der Waals surface area contributed by atoms with E-state index in [9.17, 15) is 0 Å². The number of alkyl halides is 1. The lowest BCUT2D eigenvalue weighted by molar-refractivity contribution is 0.671. The van der Waals surface area contributed by atoms with Crippen molar-refractivity contribution in [3.63, 3.8) is 0 Å². The van der Waals surface area contributed by atoms with Crippen molar-refractivity contribution >= 4 is 11.6 Å². The zero-order chi connectivity index (χ0) is 6.62. The van der Waals surface area contributed by atoms with Crippen LogP contribution in [0.1, 0.15) is 26.7 Å². The van der Waals surface area contributed by atoms with Crippen molar-refractivity contribution in [2.75, 3.05) is 0 Å². The molecule has 1 heteroatoms. The highest BCUT2D eigenvalue weighted by molar-refractivity contribution is 6.24. The van der Waals surface area contributed by atoms with Crippen molar-refractivity contribution in [2.45, 2.75) is 31.6 Å². The first-order valence-corrected chi connectivity index (χ1v) is 3.32. The van der Waals surface area contributed by atoms with E-state index in [0.717, 1.165) is 12.8 Å². The Bertz CT molecular complexity index is 74.5. The highest BCUT2D eigenvalue weighted by atomic mass is 35.5. The van der Waals surface area contributed by atoms with Crippen LogP contribution in [0.2, 0.25) is 0 Å². The van der Waals surface area contributed by atoms with Gasteiger partial charge in [-0.15, -0.1) is 18.2 Å². The molecule has 0 aromatic carbocycles. The Labute approximate surface area is 56.5 Å². The molecule has 1 atom stereocenters. The number of halogens is 1. The molecule has 0 aliphatic heterocycles. The van der Waals surface area contributed by atoms with Gasteiger partial charge in [-0.2, -0.15) is 0 Å². The van der Waals surface area contributed by atoms with Gasteiger partial charge in [0, 0.05) is 0 Å². The van der Waals surface area contributed by atoms with Gasteiger partial charge in [0.05, 0.1) is 4.87 Å². The summed E-state index contributed by atoms with van der Waals surface area (Å²) in [5.41, 5.74) is 0. The molecule has 0 aliphatic rings. The maximum atomic E-state index is 5.90. The lowest BCUT2D eigenvalue weighted by Crippen LogP contribution is -2.10. The minimum atomic E-state index is -0.172. The van der Waals surface area contributed by atoms with Gasteiger partial charge in [-0.05, 0) is 13.3 Å². The summed E-state index contributed by atoms with van der Waals surface area (Å²) in [5.74, 6) is 0. The SMILES string of the molecule is C=CC(C)(Cl)CCC. The topological polar surface area (TPSA) is 0 Å². The Morgan fingerprint density at radius 2 is 2.25 bits per heavy atom. The maximum Gasteiger partial charge on any atom is 0.0595 e. The van der Waals surface area contributed by atoms with Crippen LogP contribution >= 0.6 is 11.6 Å². The third-order valence-corrected chi connectivity index (χ3v) is 1.51. The Morgan fingerprint density at radius 3 is 2.38 bits per heavy atom. The molecule has 0 radical (unpaired) electrons. The molecule has 0 aliphatic carbocycles. The van der Waals surface area contributed by atoms with Gasteiger partial charge in [0.15, 0.2) is 0 Å². The largest absolute Gasteiger partial charge is 0.115 e. The quantitative estimate of drug-likeness (QED) is 0.409. The minimum absolute atomic E-state index is 0.172. The van der Waals surface area contributed by atoms with E-state index >= 15 is 0 Å². The number of hydrogen-bond acceptors (Lipinski definition) is 0. The first-order chi connectivity index (χ1) is 3.62. The molecule has 0 aromatic rings. The van der Waals surface area contributed by atoms with Crippen LogP contribution in [0.25, 0.3) is 0 Å². The van der Waals surface area contributed by atoms with Crippen LogP contribution in [0.4, 0.5) is 0 Å². The van der Waals surface area contributed by atoms with Crippen LogP contribution in [0, 0.1) is 0 Å². The second-order valence-electron chi connectivity index (χ2n) is 2.23. The third-order valence-electron chi connectivity index (χ3n) is 1.16. The van der Waals surface area contributed by atoms with Crippen LogP contribution in [-0.4, -0.2) is 4.87 Å². The standard InChI is InChI=1S/C7H13Cl/c1-4-6-7(3,8)5-2/h5H,2,4,6H2,1,3H3. The average Bonchev–Trinajstić information content (AvgIpc) is 1.67. The van der Waals surface area contributed by atoms with E-state index in [4.69, 9.17) is 11.6 Å². The zero-order valence-electron chi connectivity index (χ0n) is 5.58. The van der Waals surface area contributed by atoms with E-state index in [1.165, 1.54) is 0 Å². The van der Waals surface area contributed by atoms with Crippen LogP contribution in [0.3, 0.4) is 0 Å². The Morgan fingerprint density at radius 1 is 1.75 bits per heavy atom. The van der Waals surface area contributed by atoms with E-state index in [2.05, 4.69) is 13.5 Å². The summed E-state index contributed by atoms with van der Waals surface area (Å²) in [6, 6.07) is 0. The van der Waals surface area contributed by atoms with E-state index in [1.54, 1.807) is 6.08 Å². The van der Waals surface area contributed by atoms with E-state index in [0.29, 0.717) is 0 Å². The van der Waals surface area contributed by atoms with Crippen molar-refractivity contribution in [1.29, 1.82) is 0 Å². The van der Waals surface area contributed by atoms with Crippen molar-refractivity contribution in [1.82, 2.24) is 0 Å². The summed E-state index contributed by atoms with van der Waals surface area (Å²) in [6.07, 6.45) is 3.92. The van der Waals surface area contributed by atoms with Gasteiger partial charge in [-0.25, -0.2) is 0 Å². The molecule has 8 heavy (non-hydrogen) atoms. The maximum absolute atomic E-state index is 5.90. The molecule has 48 valence electrons. The Balaban J connectivity index is 3.53. The fraction of sp³-hybridized carbons (Fsp3) is 0.714. The van der Waals surface area contributed by atoms with Crippen LogP contribution in [0.5, 0.6) is 0 Å². The fourth-order valence-corrected chi connectivity index (χ4v) is 0.780. The molecule has 0 bridgehead atoms. The summed E-state index contributed by atoms with van der Waals surface area (Å²) in [6.45, 7) is 7.71. The van der Waals surface area contributed by atoms with Crippen molar-refractivity contribution in [3.8, 4) is 0 Å². The molecule has 0 amide bonds. The molecule has 1 unspecified atom stereocenters. The molecule has 0 spiro atoms. The van der Waals surface area contributed by atoms with Gasteiger partial charge >= 0.3 is 0 Å². The highest BCUT2D eigenvalue weighted by Gasteiger charge is 2.12. The Kier molecular flexibility index (Phi) is 3.15. The number of allylic oxidation sites excluding steroid dienone is 1. The van der Waals surface area contributed by atoms with Gasteiger partial charge in [0.25, 0.3) is 0 Å². The van der Waals surface area contributed by atoms with Crippen molar-refractivity contribution < 1.29 is 0 Å². The van der Waals surface area contributed by atoms with Crippen LogP contribution < -0.4 is 0 Å². The number of rotatable bonds is 3. The number of hydrogen-bond donors (Lipinski definition) is 0.